The van der Waals surface area contributed by atoms with Crippen molar-refractivity contribution < 1.29 is 4.39 Å². The Labute approximate surface area is 133 Å². The normalized spacial score (nSPS) is 18.4. The summed E-state index contributed by atoms with van der Waals surface area (Å²) < 4.78 is 15.9. The summed E-state index contributed by atoms with van der Waals surface area (Å²) in [5.41, 5.74) is 2.25. The molecule has 4 rings (SSSR count). The quantitative estimate of drug-likeness (QED) is 0.807. The Balaban J connectivity index is 1.68. The second kappa shape index (κ2) is 6.04. The molecule has 23 heavy (non-hydrogen) atoms. The molecule has 3 aromatic rings. The highest BCUT2D eigenvalue weighted by atomic mass is 19.1. The van der Waals surface area contributed by atoms with E-state index in [1.54, 1.807) is 10.7 Å². The van der Waals surface area contributed by atoms with Crippen LogP contribution in [0.3, 0.4) is 0 Å². The number of halogens is 1. The van der Waals surface area contributed by atoms with E-state index in [4.69, 9.17) is 0 Å². The summed E-state index contributed by atoms with van der Waals surface area (Å²) in [6.07, 6.45) is 7.78. The van der Waals surface area contributed by atoms with Crippen LogP contribution >= 0.6 is 0 Å². The van der Waals surface area contributed by atoms with Crippen LogP contribution in [0.5, 0.6) is 0 Å². The van der Waals surface area contributed by atoms with Crippen molar-refractivity contribution in [2.75, 3.05) is 13.1 Å². The molecular formula is C17H18FN5. The summed E-state index contributed by atoms with van der Waals surface area (Å²) in [6, 6.07) is 5.81. The first-order chi connectivity index (χ1) is 11.3. The minimum Gasteiger partial charge on any atom is -0.316 e. The van der Waals surface area contributed by atoms with Gasteiger partial charge in [0.25, 0.3) is 0 Å². The van der Waals surface area contributed by atoms with Crippen molar-refractivity contribution in [3.05, 3.63) is 48.3 Å². The Kier molecular flexibility index (Phi) is 3.75. The van der Waals surface area contributed by atoms with Crippen LogP contribution in [0.1, 0.15) is 18.5 Å². The minimum atomic E-state index is -0.323. The molecule has 1 aliphatic rings. The van der Waals surface area contributed by atoms with E-state index in [2.05, 4.69) is 20.4 Å². The lowest BCUT2D eigenvalue weighted by molar-refractivity contribution is 0.368. The van der Waals surface area contributed by atoms with Crippen molar-refractivity contribution in [1.82, 2.24) is 24.9 Å². The molecule has 1 atom stereocenters. The monoisotopic (exact) mass is 311 g/mol. The van der Waals surface area contributed by atoms with E-state index in [0.717, 1.165) is 37.0 Å². The number of nitrogens with one attached hydrogen (secondary N) is 1. The molecule has 1 aliphatic heterocycles. The SMILES string of the molecule is Fc1cnc(-c2cnn3ccccc23)nc1C[C@@H]1CCCNC1. The molecule has 0 radical (unpaired) electrons. The number of hydrogen-bond donors (Lipinski definition) is 1. The number of pyridine rings is 1. The second-order valence-corrected chi connectivity index (χ2v) is 5.99. The number of fused-ring (bicyclic) bond motifs is 1. The third kappa shape index (κ3) is 2.82. The molecule has 1 fully saturated rings. The molecule has 3 aromatic heterocycles. The maximum absolute atomic E-state index is 14.1. The molecule has 4 heterocycles. The van der Waals surface area contributed by atoms with Crippen LogP contribution in [0.25, 0.3) is 16.9 Å². The van der Waals surface area contributed by atoms with Crippen LogP contribution in [0.4, 0.5) is 4.39 Å². The van der Waals surface area contributed by atoms with Gasteiger partial charge in [-0.3, -0.25) is 0 Å². The number of hydrogen-bond acceptors (Lipinski definition) is 4. The molecule has 0 aliphatic carbocycles. The molecule has 5 nitrogen and oxygen atoms in total. The van der Waals surface area contributed by atoms with E-state index in [1.807, 2.05) is 24.4 Å². The maximum atomic E-state index is 14.1. The largest absolute Gasteiger partial charge is 0.316 e. The summed E-state index contributed by atoms with van der Waals surface area (Å²) in [4.78, 5) is 8.66. The van der Waals surface area contributed by atoms with Crippen molar-refractivity contribution in [2.24, 2.45) is 5.92 Å². The number of aromatic nitrogens is 4. The summed E-state index contributed by atoms with van der Waals surface area (Å²) in [5, 5.41) is 7.66. The Morgan fingerprint density at radius 1 is 1.30 bits per heavy atom. The molecule has 0 aromatic carbocycles. The van der Waals surface area contributed by atoms with E-state index >= 15 is 0 Å². The Hall–Kier alpha value is -2.34. The van der Waals surface area contributed by atoms with Crippen molar-refractivity contribution in [2.45, 2.75) is 19.3 Å². The van der Waals surface area contributed by atoms with Crippen LogP contribution in [0.15, 0.2) is 36.8 Å². The van der Waals surface area contributed by atoms with Gasteiger partial charge in [-0.05, 0) is 50.4 Å². The molecule has 0 bridgehead atoms. The summed E-state index contributed by atoms with van der Waals surface area (Å²) in [6.45, 7) is 1.98. The molecule has 1 saturated heterocycles. The third-order valence-corrected chi connectivity index (χ3v) is 4.37. The molecular weight excluding hydrogens is 293 g/mol. The minimum absolute atomic E-state index is 0.323. The fourth-order valence-corrected chi connectivity index (χ4v) is 3.15. The highest BCUT2D eigenvalue weighted by Crippen LogP contribution is 2.23. The number of nitrogens with zero attached hydrogens (tertiary/aromatic N) is 4. The van der Waals surface area contributed by atoms with Gasteiger partial charge in [-0.25, -0.2) is 18.9 Å². The molecule has 0 amide bonds. The van der Waals surface area contributed by atoms with E-state index in [9.17, 15) is 4.39 Å². The fraction of sp³-hybridized carbons (Fsp3) is 0.353. The van der Waals surface area contributed by atoms with Gasteiger partial charge in [0.05, 0.1) is 29.2 Å². The van der Waals surface area contributed by atoms with Gasteiger partial charge >= 0.3 is 0 Å². The van der Waals surface area contributed by atoms with Crippen molar-refractivity contribution >= 4 is 5.52 Å². The van der Waals surface area contributed by atoms with Crippen molar-refractivity contribution in [3.63, 3.8) is 0 Å². The molecule has 0 spiro atoms. The average Bonchev–Trinajstić information content (AvgIpc) is 3.02. The summed E-state index contributed by atoms with van der Waals surface area (Å²) in [7, 11) is 0. The first-order valence-corrected chi connectivity index (χ1v) is 7.96. The van der Waals surface area contributed by atoms with Gasteiger partial charge in [0.15, 0.2) is 11.6 Å². The molecule has 6 heteroatoms. The van der Waals surface area contributed by atoms with Gasteiger partial charge < -0.3 is 5.32 Å². The topological polar surface area (TPSA) is 55.1 Å². The molecule has 0 unspecified atom stereocenters. The zero-order chi connectivity index (χ0) is 15.6. The van der Waals surface area contributed by atoms with Gasteiger partial charge in [0.1, 0.15) is 0 Å². The highest BCUT2D eigenvalue weighted by molar-refractivity contribution is 5.75. The van der Waals surface area contributed by atoms with Gasteiger partial charge in [0, 0.05) is 6.20 Å². The van der Waals surface area contributed by atoms with E-state index in [-0.39, 0.29) is 5.82 Å². The predicted octanol–water partition coefficient (Wildman–Crippen LogP) is 2.47. The second-order valence-electron chi connectivity index (χ2n) is 5.99. The van der Waals surface area contributed by atoms with Crippen LogP contribution in [-0.2, 0) is 6.42 Å². The van der Waals surface area contributed by atoms with Crippen LogP contribution in [-0.4, -0.2) is 32.7 Å². The van der Waals surface area contributed by atoms with Crippen molar-refractivity contribution in [3.8, 4) is 11.4 Å². The lowest BCUT2D eigenvalue weighted by Crippen LogP contribution is -2.31. The Morgan fingerprint density at radius 2 is 2.26 bits per heavy atom. The maximum Gasteiger partial charge on any atom is 0.163 e. The third-order valence-electron chi connectivity index (χ3n) is 4.37. The zero-order valence-corrected chi connectivity index (χ0v) is 12.7. The zero-order valence-electron chi connectivity index (χ0n) is 12.7. The standard InChI is InChI=1S/C17H18FN5/c18-14-11-20-17(13-10-21-23-7-2-1-5-16(13)23)22-15(14)8-12-4-3-6-19-9-12/h1-2,5,7,10-12,19H,3-4,6,8-9H2/t12-/m0/s1. The fourth-order valence-electron chi connectivity index (χ4n) is 3.15. The lowest BCUT2D eigenvalue weighted by Gasteiger charge is -2.22. The molecule has 0 saturated carbocycles. The lowest BCUT2D eigenvalue weighted by atomic mass is 9.94. The van der Waals surface area contributed by atoms with E-state index < -0.39 is 0 Å². The van der Waals surface area contributed by atoms with Gasteiger partial charge in [-0.2, -0.15) is 5.10 Å². The van der Waals surface area contributed by atoms with Crippen LogP contribution in [0.2, 0.25) is 0 Å². The predicted molar refractivity (Wildman–Crippen MR) is 85.5 cm³/mol. The smallest absolute Gasteiger partial charge is 0.163 e. The van der Waals surface area contributed by atoms with Gasteiger partial charge in [-0.1, -0.05) is 6.07 Å². The first-order valence-electron chi connectivity index (χ1n) is 7.96. The number of piperidine rings is 1. The molecule has 118 valence electrons. The average molecular weight is 311 g/mol. The van der Waals surface area contributed by atoms with E-state index in [0.29, 0.717) is 23.9 Å². The summed E-state index contributed by atoms with van der Waals surface area (Å²) >= 11 is 0. The molecule has 1 N–H and O–H groups in total. The van der Waals surface area contributed by atoms with Crippen molar-refractivity contribution in [1.29, 1.82) is 0 Å². The van der Waals surface area contributed by atoms with E-state index in [1.165, 1.54) is 6.20 Å². The summed E-state index contributed by atoms with van der Waals surface area (Å²) in [5.74, 6) is 0.645. The van der Waals surface area contributed by atoms with Gasteiger partial charge in [0.2, 0.25) is 0 Å². The Morgan fingerprint density at radius 3 is 3.13 bits per heavy atom. The van der Waals surface area contributed by atoms with Gasteiger partial charge in [-0.15, -0.1) is 0 Å². The highest BCUT2D eigenvalue weighted by Gasteiger charge is 2.18. The van der Waals surface area contributed by atoms with Crippen LogP contribution in [0, 0.1) is 11.7 Å². The first kappa shape index (κ1) is 14.3. The Bertz CT molecular complexity index is 823. The number of rotatable bonds is 3. The van der Waals surface area contributed by atoms with Crippen LogP contribution < -0.4 is 5.32 Å².